The van der Waals surface area contributed by atoms with Gasteiger partial charge in [0.1, 0.15) is 5.60 Å². The Morgan fingerprint density at radius 1 is 1.32 bits per heavy atom. The van der Waals surface area contributed by atoms with Gasteiger partial charge in [-0.05, 0) is 39.7 Å². The number of amides is 1. The molecule has 1 aliphatic rings. The lowest BCUT2D eigenvalue weighted by atomic mass is 10.1. The van der Waals surface area contributed by atoms with Crippen LogP contribution in [0.3, 0.4) is 0 Å². The molecule has 0 aromatic heterocycles. The van der Waals surface area contributed by atoms with E-state index in [0.717, 1.165) is 32.0 Å². The summed E-state index contributed by atoms with van der Waals surface area (Å²) >= 11 is 0. The molecule has 1 amide bonds. The van der Waals surface area contributed by atoms with Gasteiger partial charge < -0.3 is 20.3 Å². The molecule has 1 atom stereocenters. The molecule has 0 saturated carbocycles. The number of guanidine groups is 1. The van der Waals surface area contributed by atoms with E-state index in [1.807, 2.05) is 20.8 Å². The zero-order valence-electron chi connectivity index (χ0n) is 15.9. The van der Waals surface area contributed by atoms with Gasteiger partial charge in [-0.25, -0.2) is 4.79 Å². The lowest BCUT2D eigenvalue weighted by Crippen LogP contribution is -2.44. The maximum atomic E-state index is 11.9. The van der Waals surface area contributed by atoms with Crippen LogP contribution in [0.2, 0.25) is 0 Å². The van der Waals surface area contributed by atoms with Crippen molar-refractivity contribution in [3.63, 3.8) is 0 Å². The molecule has 1 heterocycles. The second-order valence-corrected chi connectivity index (χ2v) is 7.46. The average Bonchev–Trinajstić information content (AvgIpc) is 2.96. The van der Waals surface area contributed by atoms with Crippen molar-refractivity contribution in [3.8, 4) is 0 Å². The Kier molecular flexibility index (Phi) is 6.28. The molecule has 138 valence electrons. The van der Waals surface area contributed by atoms with Crippen LogP contribution in [-0.2, 0) is 11.3 Å². The Labute approximate surface area is 150 Å². The van der Waals surface area contributed by atoms with Crippen LogP contribution in [-0.4, -0.2) is 48.7 Å². The van der Waals surface area contributed by atoms with Crippen molar-refractivity contribution in [2.24, 2.45) is 4.99 Å². The summed E-state index contributed by atoms with van der Waals surface area (Å²) in [5.41, 5.74) is 1.99. The first-order valence-corrected chi connectivity index (χ1v) is 8.77. The fourth-order valence-corrected chi connectivity index (χ4v) is 2.76. The minimum Gasteiger partial charge on any atom is -0.444 e. The number of rotatable bonds is 3. The van der Waals surface area contributed by atoms with Crippen LogP contribution in [0.4, 0.5) is 4.79 Å². The summed E-state index contributed by atoms with van der Waals surface area (Å²) in [5.74, 6) is 0.856. The molecule has 1 aliphatic heterocycles. The standard InChI is InChI=1S/C19H30N4O2/c1-14-6-8-15(9-7-14)12-21-17(20-5)23-11-10-16(13-23)22-18(24)25-19(2,3)4/h6-9,16H,10-13H2,1-5H3,(H,20,21)(H,22,24). The number of aliphatic imine (C=N–C) groups is 1. The summed E-state index contributed by atoms with van der Waals surface area (Å²) in [6.45, 7) is 9.99. The number of benzene rings is 1. The van der Waals surface area contributed by atoms with Crippen LogP contribution >= 0.6 is 0 Å². The predicted molar refractivity (Wildman–Crippen MR) is 101 cm³/mol. The zero-order chi connectivity index (χ0) is 18.4. The van der Waals surface area contributed by atoms with Crippen molar-refractivity contribution in [1.29, 1.82) is 0 Å². The van der Waals surface area contributed by atoms with Gasteiger partial charge in [0.2, 0.25) is 0 Å². The summed E-state index contributed by atoms with van der Waals surface area (Å²) in [5, 5.41) is 6.33. The Bertz CT molecular complexity index is 605. The normalized spacial score (nSPS) is 18.2. The highest BCUT2D eigenvalue weighted by Crippen LogP contribution is 2.12. The van der Waals surface area contributed by atoms with E-state index in [0.29, 0.717) is 0 Å². The van der Waals surface area contributed by atoms with E-state index in [-0.39, 0.29) is 12.1 Å². The van der Waals surface area contributed by atoms with Gasteiger partial charge in [-0.1, -0.05) is 29.8 Å². The second kappa shape index (κ2) is 8.23. The quantitative estimate of drug-likeness (QED) is 0.652. The van der Waals surface area contributed by atoms with Crippen molar-refractivity contribution in [3.05, 3.63) is 35.4 Å². The van der Waals surface area contributed by atoms with E-state index in [2.05, 4.69) is 51.7 Å². The number of ether oxygens (including phenoxy) is 1. The zero-order valence-corrected chi connectivity index (χ0v) is 15.9. The van der Waals surface area contributed by atoms with E-state index < -0.39 is 5.60 Å². The van der Waals surface area contributed by atoms with Crippen LogP contribution in [0.1, 0.15) is 38.3 Å². The van der Waals surface area contributed by atoms with E-state index in [1.165, 1.54) is 11.1 Å². The number of carbonyl (C=O) groups excluding carboxylic acids is 1. The maximum Gasteiger partial charge on any atom is 0.407 e. The molecule has 1 fully saturated rings. The number of hydrogen-bond donors (Lipinski definition) is 2. The Morgan fingerprint density at radius 2 is 2.00 bits per heavy atom. The van der Waals surface area contributed by atoms with Crippen molar-refractivity contribution in [1.82, 2.24) is 15.5 Å². The van der Waals surface area contributed by atoms with Crippen LogP contribution in [0.5, 0.6) is 0 Å². The maximum absolute atomic E-state index is 11.9. The van der Waals surface area contributed by atoms with E-state index >= 15 is 0 Å². The van der Waals surface area contributed by atoms with Gasteiger partial charge >= 0.3 is 6.09 Å². The van der Waals surface area contributed by atoms with Crippen molar-refractivity contribution in [2.45, 2.75) is 52.3 Å². The molecule has 6 heteroatoms. The van der Waals surface area contributed by atoms with Gasteiger partial charge in [0.25, 0.3) is 0 Å². The number of nitrogens with zero attached hydrogens (tertiary/aromatic N) is 2. The number of aryl methyl sites for hydroxylation is 1. The molecular formula is C19H30N4O2. The highest BCUT2D eigenvalue weighted by molar-refractivity contribution is 5.80. The van der Waals surface area contributed by atoms with Crippen LogP contribution in [0.25, 0.3) is 0 Å². The van der Waals surface area contributed by atoms with Crippen LogP contribution in [0.15, 0.2) is 29.3 Å². The summed E-state index contributed by atoms with van der Waals surface area (Å²) in [6.07, 6.45) is 0.520. The molecule has 1 aromatic carbocycles. The lowest BCUT2D eigenvalue weighted by Gasteiger charge is -2.23. The first-order valence-electron chi connectivity index (χ1n) is 8.77. The summed E-state index contributed by atoms with van der Waals surface area (Å²) in [4.78, 5) is 18.4. The SMILES string of the molecule is CN=C(NCc1ccc(C)cc1)N1CCC(NC(=O)OC(C)(C)C)C1. The summed E-state index contributed by atoms with van der Waals surface area (Å²) in [7, 11) is 1.78. The summed E-state index contributed by atoms with van der Waals surface area (Å²) < 4.78 is 5.32. The minimum atomic E-state index is -0.478. The molecule has 25 heavy (non-hydrogen) atoms. The number of likely N-dealkylation sites (tertiary alicyclic amines) is 1. The monoisotopic (exact) mass is 346 g/mol. The average molecular weight is 346 g/mol. The number of carbonyl (C=O) groups is 1. The Morgan fingerprint density at radius 3 is 2.60 bits per heavy atom. The third-order valence-electron chi connectivity index (χ3n) is 3.99. The highest BCUT2D eigenvalue weighted by atomic mass is 16.6. The number of hydrogen-bond acceptors (Lipinski definition) is 3. The molecule has 1 aromatic rings. The van der Waals surface area contributed by atoms with Crippen molar-refractivity contribution >= 4 is 12.1 Å². The molecule has 6 nitrogen and oxygen atoms in total. The lowest BCUT2D eigenvalue weighted by molar-refractivity contribution is 0.0507. The van der Waals surface area contributed by atoms with Crippen LogP contribution < -0.4 is 10.6 Å². The fraction of sp³-hybridized carbons (Fsp3) is 0.579. The predicted octanol–water partition coefficient (Wildman–Crippen LogP) is 2.67. The molecule has 1 saturated heterocycles. The number of nitrogens with one attached hydrogen (secondary N) is 2. The molecule has 0 spiro atoms. The molecule has 2 rings (SSSR count). The molecule has 0 radical (unpaired) electrons. The van der Waals surface area contributed by atoms with Gasteiger partial charge in [-0.3, -0.25) is 4.99 Å². The fourth-order valence-electron chi connectivity index (χ4n) is 2.76. The van der Waals surface area contributed by atoms with Crippen LogP contribution in [0, 0.1) is 6.92 Å². The Hall–Kier alpha value is -2.24. The molecule has 1 unspecified atom stereocenters. The largest absolute Gasteiger partial charge is 0.444 e. The summed E-state index contributed by atoms with van der Waals surface area (Å²) in [6, 6.07) is 8.53. The first kappa shape index (κ1) is 19.1. The number of alkyl carbamates (subject to hydrolysis) is 1. The van der Waals surface area contributed by atoms with Gasteiger partial charge in [0.15, 0.2) is 5.96 Å². The van der Waals surface area contributed by atoms with E-state index in [9.17, 15) is 4.79 Å². The van der Waals surface area contributed by atoms with Gasteiger partial charge in [-0.15, -0.1) is 0 Å². The van der Waals surface area contributed by atoms with Gasteiger partial charge in [-0.2, -0.15) is 0 Å². The highest BCUT2D eigenvalue weighted by Gasteiger charge is 2.27. The first-order chi connectivity index (χ1) is 11.8. The van der Waals surface area contributed by atoms with E-state index in [1.54, 1.807) is 7.05 Å². The molecule has 0 aliphatic carbocycles. The Balaban J connectivity index is 1.82. The molecular weight excluding hydrogens is 316 g/mol. The third kappa shape index (κ3) is 6.29. The minimum absolute atomic E-state index is 0.0766. The molecule has 0 bridgehead atoms. The molecule has 2 N–H and O–H groups in total. The third-order valence-corrected chi connectivity index (χ3v) is 3.99. The van der Waals surface area contributed by atoms with Gasteiger partial charge in [0, 0.05) is 26.7 Å². The topological polar surface area (TPSA) is 66.0 Å². The van der Waals surface area contributed by atoms with E-state index in [4.69, 9.17) is 4.74 Å². The smallest absolute Gasteiger partial charge is 0.407 e. The van der Waals surface area contributed by atoms with Crippen molar-refractivity contribution < 1.29 is 9.53 Å². The van der Waals surface area contributed by atoms with Crippen molar-refractivity contribution in [2.75, 3.05) is 20.1 Å². The second-order valence-electron chi connectivity index (χ2n) is 7.46. The van der Waals surface area contributed by atoms with Gasteiger partial charge in [0.05, 0.1) is 6.04 Å².